The number of aromatic nitrogens is 2. The monoisotopic (exact) mass is 505 g/mol. The molecule has 0 aliphatic carbocycles. The zero-order valence-corrected chi connectivity index (χ0v) is 21.9. The highest BCUT2D eigenvalue weighted by molar-refractivity contribution is 6.02. The second-order valence-electron chi connectivity index (χ2n) is 10.4. The van der Waals surface area contributed by atoms with Crippen LogP contribution in [0.2, 0.25) is 0 Å². The molecule has 196 valence electrons. The summed E-state index contributed by atoms with van der Waals surface area (Å²) in [6, 6.07) is 12.3. The van der Waals surface area contributed by atoms with Crippen molar-refractivity contribution < 1.29 is 18.8 Å². The number of pyridine rings is 1. The van der Waals surface area contributed by atoms with Crippen LogP contribution in [-0.2, 0) is 16.6 Å². The summed E-state index contributed by atoms with van der Waals surface area (Å²) in [5.41, 5.74) is 1.53. The normalized spacial score (nSPS) is 15.9. The van der Waals surface area contributed by atoms with Crippen LogP contribution in [0.5, 0.6) is 5.75 Å². The average molecular weight is 506 g/mol. The van der Waals surface area contributed by atoms with Crippen LogP contribution in [0.15, 0.2) is 53.2 Å². The zero-order valence-electron chi connectivity index (χ0n) is 21.9. The van der Waals surface area contributed by atoms with Gasteiger partial charge in [-0.25, -0.2) is 4.98 Å². The number of rotatable bonds is 9. The van der Waals surface area contributed by atoms with Gasteiger partial charge in [0.05, 0.1) is 19.2 Å². The van der Waals surface area contributed by atoms with Gasteiger partial charge >= 0.3 is 0 Å². The first-order chi connectivity index (χ1) is 17.7. The van der Waals surface area contributed by atoms with E-state index in [1.165, 1.54) is 0 Å². The highest BCUT2D eigenvalue weighted by atomic mass is 16.5. The standard InChI is InChI=1S/C28H35N5O4/c1-5-33-13-12-20(17-33)18-36-22-10-11-23(29-16-22)27(35)30-21-8-6-19(7-9-21)14-26(34)31-25-15-24(37-32-25)28(2,3)4/h6-11,15-16,20H,5,12-14,17-18H2,1-4H3,(H,30,35)(H,31,32,34). The fraction of sp³-hybridized carbons (Fsp3) is 0.429. The topological polar surface area (TPSA) is 110 Å². The quantitative estimate of drug-likeness (QED) is 0.440. The van der Waals surface area contributed by atoms with Crippen LogP contribution < -0.4 is 15.4 Å². The van der Waals surface area contributed by atoms with E-state index in [4.69, 9.17) is 9.26 Å². The molecule has 0 radical (unpaired) electrons. The Bertz CT molecular complexity index is 1200. The van der Waals surface area contributed by atoms with E-state index in [2.05, 4.69) is 32.6 Å². The molecular weight excluding hydrogens is 470 g/mol. The van der Waals surface area contributed by atoms with E-state index in [9.17, 15) is 9.59 Å². The van der Waals surface area contributed by atoms with Gasteiger partial charge in [-0.05, 0) is 49.3 Å². The molecule has 9 nitrogen and oxygen atoms in total. The first-order valence-corrected chi connectivity index (χ1v) is 12.7. The van der Waals surface area contributed by atoms with E-state index in [0.29, 0.717) is 41.2 Å². The van der Waals surface area contributed by atoms with Gasteiger partial charge in [-0.1, -0.05) is 45.0 Å². The fourth-order valence-electron chi connectivity index (χ4n) is 4.11. The Hall–Kier alpha value is -3.72. The van der Waals surface area contributed by atoms with Crippen molar-refractivity contribution in [2.24, 2.45) is 5.92 Å². The van der Waals surface area contributed by atoms with Crippen LogP contribution in [0.1, 0.15) is 55.9 Å². The molecule has 37 heavy (non-hydrogen) atoms. The Morgan fingerprint density at radius 1 is 1.14 bits per heavy atom. The van der Waals surface area contributed by atoms with Gasteiger partial charge in [0, 0.05) is 29.6 Å². The van der Waals surface area contributed by atoms with E-state index in [0.717, 1.165) is 31.6 Å². The third-order valence-electron chi connectivity index (χ3n) is 6.37. The van der Waals surface area contributed by atoms with Crippen molar-refractivity contribution in [3.63, 3.8) is 0 Å². The highest BCUT2D eigenvalue weighted by Crippen LogP contribution is 2.24. The first-order valence-electron chi connectivity index (χ1n) is 12.7. The predicted octanol–water partition coefficient (Wildman–Crippen LogP) is 4.52. The van der Waals surface area contributed by atoms with Gasteiger partial charge in [-0.3, -0.25) is 9.59 Å². The van der Waals surface area contributed by atoms with E-state index in [1.807, 2.05) is 20.8 Å². The fourth-order valence-corrected chi connectivity index (χ4v) is 4.11. The van der Waals surface area contributed by atoms with Crippen LogP contribution in [0.4, 0.5) is 11.5 Å². The SMILES string of the molecule is CCN1CCC(COc2ccc(C(=O)Nc3ccc(CC(=O)Nc4cc(C(C)(C)C)on4)cc3)nc2)C1. The molecule has 1 saturated heterocycles. The molecule has 0 saturated carbocycles. The average Bonchev–Trinajstić information content (AvgIpc) is 3.54. The summed E-state index contributed by atoms with van der Waals surface area (Å²) >= 11 is 0. The Morgan fingerprint density at radius 3 is 2.54 bits per heavy atom. The number of nitrogens with zero attached hydrogens (tertiary/aromatic N) is 3. The van der Waals surface area contributed by atoms with Gasteiger partial charge in [-0.15, -0.1) is 0 Å². The number of anilines is 2. The van der Waals surface area contributed by atoms with Gasteiger partial charge in [-0.2, -0.15) is 0 Å². The molecule has 1 aliphatic heterocycles. The van der Waals surface area contributed by atoms with Crippen molar-refractivity contribution in [1.82, 2.24) is 15.0 Å². The van der Waals surface area contributed by atoms with Gasteiger partial charge in [0.1, 0.15) is 17.2 Å². The summed E-state index contributed by atoms with van der Waals surface area (Å²) in [5.74, 6) is 1.77. The molecule has 1 aromatic carbocycles. The number of likely N-dealkylation sites (tertiary alicyclic amines) is 1. The van der Waals surface area contributed by atoms with Crippen LogP contribution in [0.25, 0.3) is 0 Å². The van der Waals surface area contributed by atoms with Crippen LogP contribution in [0.3, 0.4) is 0 Å². The lowest BCUT2D eigenvalue weighted by molar-refractivity contribution is -0.115. The Morgan fingerprint density at radius 2 is 1.92 bits per heavy atom. The zero-order chi connectivity index (χ0) is 26.4. The lowest BCUT2D eigenvalue weighted by atomic mass is 9.93. The molecule has 2 aromatic heterocycles. The number of nitrogens with one attached hydrogen (secondary N) is 2. The van der Waals surface area contributed by atoms with Crippen molar-refractivity contribution in [1.29, 1.82) is 0 Å². The van der Waals surface area contributed by atoms with E-state index in [-0.39, 0.29) is 23.7 Å². The number of ether oxygens (including phenoxy) is 1. The Balaban J connectivity index is 1.24. The number of amides is 2. The lowest BCUT2D eigenvalue weighted by Crippen LogP contribution is -2.21. The minimum Gasteiger partial charge on any atom is -0.492 e. The molecule has 0 bridgehead atoms. The third-order valence-corrected chi connectivity index (χ3v) is 6.37. The maximum absolute atomic E-state index is 12.6. The van der Waals surface area contributed by atoms with Crippen molar-refractivity contribution in [2.45, 2.75) is 46.0 Å². The van der Waals surface area contributed by atoms with E-state index >= 15 is 0 Å². The number of carbonyl (C=O) groups is 2. The molecule has 2 N–H and O–H groups in total. The number of hydrogen-bond donors (Lipinski definition) is 2. The molecule has 1 unspecified atom stereocenters. The maximum atomic E-state index is 12.6. The molecule has 1 atom stereocenters. The number of carbonyl (C=O) groups excluding carboxylic acids is 2. The van der Waals surface area contributed by atoms with E-state index < -0.39 is 0 Å². The van der Waals surface area contributed by atoms with Crippen LogP contribution in [-0.4, -0.2) is 53.1 Å². The van der Waals surface area contributed by atoms with E-state index in [1.54, 1.807) is 48.7 Å². The molecule has 9 heteroatoms. The van der Waals surface area contributed by atoms with Crippen LogP contribution in [0, 0.1) is 5.92 Å². The van der Waals surface area contributed by atoms with Gasteiger partial charge in [0.15, 0.2) is 5.82 Å². The molecular formula is C28H35N5O4. The van der Waals surface area contributed by atoms with Crippen molar-refractivity contribution >= 4 is 23.3 Å². The van der Waals surface area contributed by atoms with Crippen molar-refractivity contribution in [2.75, 3.05) is 36.9 Å². The third kappa shape index (κ3) is 7.39. The second-order valence-corrected chi connectivity index (χ2v) is 10.4. The number of benzene rings is 1. The molecule has 1 fully saturated rings. The summed E-state index contributed by atoms with van der Waals surface area (Å²) < 4.78 is 11.2. The molecule has 3 aromatic rings. The summed E-state index contributed by atoms with van der Waals surface area (Å²) in [4.78, 5) is 31.7. The molecule has 3 heterocycles. The largest absolute Gasteiger partial charge is 0.492 e. The number of hydrogen-bond acceptors (Lipinski definition) is 7. The van der Waals surface area contributed by atoms with Crippen molar-refractivity contribution in [3.8, 4) is 5.75 Å². The highest BCUT2D eigenvalue weighted by Gasteiger charge is 2.22. The Kier molecular flexibility index (Phi) is 8.23. The first kappa shape index (κ1) is 26.3. The molecule has 2 amide bonds. The van der Waals surface area contributed by atoms with Gasteiger partial charge < -0.3 is 24.8 Å². The molecule has 1 aliphatic rings. The van der Waals surface area contributed by atoms with Crippen LogP contribution >= 0.6 is 0 Å². The Labute approximate surface area is 217 Å². The second kappa shape index (κ2) is 11.6. The summed E-state index contributed by atoms with van der Waals surface area (Å²) in [6.45, 7) is 12.1. The van der Waals surface area contributed by atoms with Gasteiger partial charge in [0.2, 0.25) is 5.91 Å². The molecule has 0 spiro atoms. The van der Waals surface area contributed by atoms with Crippen molar-refractivity contribution in [3.05, 3.63) is 65.7 Å². The molecule has 4 rings (SSSR count). The lowest BCUT2D eigenvalue weighted by Gasteiger charge is -2.14. The predicted molar refractivity (Wildman–Crippen MR) is 142 cm³/mol. The summed E-state index contributed by atoms with van der Waals surface area (Å²) in [6.07, 6.45) is 2.90. The minimum absolute atomic E-state index is 0.173. The maximum Gasteiger partial charge on any atom is 0.274 e. The van der Waals surface area contributed by atoms with Gasteiger partial charge in [0.25, 0.3) is 5.91 Å². The minimum atomic E-state index is -0.313. The smallest absolute Gasteiger partial charge is 0.274 e. The summed E-state index contributed by atoms with van der Waals surface area (Å²) in [7, 11) is 0. The summed E-state index contributed by atoms with van der Waals surface area (Å²) in [5, 5.41) is 9.49.